The molecule has 180 valence electrons. The molecule has 1 heterocycles. The zero-order chi connectivity index (χ0) is 24.8. The number of carbonyl (C=O) groups excluding carboxylic acids is 1. The predicted molar refractivity (Wildman–Crippen MR) is 134 cm³/mol. The van der Waals surface area contributed by atoms with E-state index in [4.69, 9.17) is 10.00 Å². The van der Waals surface area contributed by atoms with Gasteiger partial charge in [-0.25, -0.2) is 8.42 Å². The molecule has 0 saturated carbocycles. The summed E-state index contributed by atoms with van der Waals surface area (Å²) in [5.41, 5.74) is 2.42. The normalized spacial score (nSPS) is 14.1. The number of hydrogen-bond donors (Lipinski definition) is 1. The molecule has 1 aliphatic heterocycles. The molecule has 1 aliphatic rings. The van der Waals surface area contributed by atoms with Crippen LogP contribution < -0.4 is 14.4 Å². The lowest BCUT2D eigenvalue weighted by atomic mass is 10.2. The number of rotatable bonds is 6. The van der Waals surface area contributed by atoms with Crippen LogP contribution in [0.4, 0.5) is 11.4 Å². The summed E-state index contributed by atoms with van der Waals surface area (Å²) in [5, 5.41) is 8.99. The lowest BCUT2D eigenvalue weighted by Crippen LogP contribution is -2.35. The molecule has 0 aliphatic carbocycles. The van der Waals surface area contributed by atoms with Gasteiger partial charge in [-0.15, -0.1) is 0 Å². The van der Waals surface area contributed by atoms with Crippen molar-refractivity contribution in [3.8, 4) is 11.8 Å². The van der Waals surface area contributed by atoms with Crippen molar-refractivity contribution in [1.82, 2.24) is 4.90 Å². The maximum absolute atomic E-state index is 13.1. The second-order valence-electron chi connectivity index (χ2n) is 8.12. The van der Waals surface area contributed by atoms with Crippen LogP contribution in [0.3, 0.4) is 0 Å². The van der Waals surface area contributed by atoms with Crippen LogP contribution in [-0.4, -0.2) is 52.5 Å². The van der Waals surface area contributed by atoms with Gasteiger partial charge < -0.3 is 14.5 Å². The van der Waals surface area contributed by atoms with Crippen molar-refractivity contribution in [2.24, 2.45) is 0 Å². The van der Waals surface area contributed by atoms with E-state index in [0.29, 0.717) is 42.2 Å². The van der Waals surface area contributed by atoms with Crippen LogP contribution in [0.2, 0.25) is 0 Å². The van der Waals surface area contributed by atoms with E-state index in [2.05, 4.69) is 15.7 Å². The Balaban J connectivity index is 1.42. The number of carbonyl (C=O) groups is 1. The lowest BCUT2D eigenvalue weighted by Gasteiger charge is -2.24. The highest BCUT2D eigenvalue weighted by atomic mass is 32.2. The van der Waals surface area contributed by atoms with Crippen LogP contribution in [0.25, 0.3) is 0 Å². The molecular weight excluding hydrogens is 464 g/mol. The molecule has 0 unspecified atom stereocenters. The zero-order valence-corrected chi connectivity index (χ0v) is 20.2. The van der Waals surface area contributed by atoms with E-state index < -0.39 is 10.0 Å². The highest BCUT2D eigenvalue weighted by molar-refractivity contribution is 7.92. The van der Waals surface area contributed by atoms with Gasteiger partial charge in [0.2, 0.25) is 0 Å². The van der Waals surface area contributed by atoms with E-state index in [9.17, 15) is 13.2 Å². The number of benzene rings is 3. The largest absolute Gasteiger partial charge is 0.495 e. The summed E-state index contributed by atoms with van der Waals surface area (Å²) >= 11 is 0. The molecule has 1 amide bonds. The first-order chi connectivity index (χ1) is 16.9. The van der Waals surface area contributed by atoms with E-state index in [-0.39, 0.29) is 10.8 Å². The monoisotopic (exact) mass is 490 g/mol. The number of methoxy groups -OCH3 is 1. The number of nitriles is 1. The van der Waals surface area contributed by atoms with Crippen LogP contribution in [0.1, 0.15) is 22.3 Å². The van der Waals surface area contributed by atoms with Crippen molar-refractivity contribution in [2.75, 3.05) is 42.9 Å². The van der Waals surface area contributed by atoms with Gasteiger partial charge >= 0.3 is 0 Å². The number of para-hydroxylation sites is 2. The summed E-state index contributed by atoms with van der Waals surface area (Å²) in [4.78, 5) is 17.2. The third kappa shape index (κ3) is 5.55. The van der Waals surface area contributed by atoms with E-state index in [1.165, 1.54) is 19.2 Å². The minimum atomic E-state index is -3.84. The third-order valence-electron chi connectivity index (χ3n) is 5.91. The molecule has 1 fully saturated rings. The molecule has 9 heteroatoms. The number of anilines is 2. The van der Waals surface area contributed by atoms with Gasteiger partial charge in [0.05, 0.1) is 29.3 Å². The minimum absolute atomic E-state index is 0.0582. The van der Waals surface area contributed by atoms with Gasteiger partial charge in [0.25, 0.3) is 15.9 Å². The van der Waals surface area contributed by atoms with Crippen molar-refractivity contribution < 1.29 is 17.9 Å². The van der Waals surface area contributed by atoms with Crippen molar-refractivity contribution in [2.45, 2.75) is 11.3 Å². The summed E-state index contributed by atoms with van der Waals surface area (Å²) < 4.78 is 33.4. The number of sulfonamides is 1. The maximum Gasteiger partial charge on any atom is 0.262 e. The molecule has 4 rings (SSSR count). The third-order valence-corrected chi connectivity index (χ3v) is 7.29. The Hall–Kier alpha value is -4.03. The fourth-order valence-electron chi connectivity index (χ4n) is 4.02. The molecule has 8 nitrogen and oxygen atoms in total. The number of hydrogen-bond acceptors (Lipinski definition) is 6. The van der Waals surface area contributed by atoms with Crippen molar-refractivity contribution in [3.05, 3.63) is 83.9 Å². The average Bonchev–Trinajstić information content (AvgIpc) is 3.15. The first-order valence-corrected chi connectivity index (χ1v) is 12.7. The van der Waals surface area contributed by atoms with E-state index >= 15 is 0 Å². The fraction of sp³-hybridized carbons (Fsp3) is 0.231. The van der Waals surface area contributed by atoms with E-state index in [0.717, 1.165) is 18.7 Å². The lowest BCUT2D eigenvalue weighted by molar-refractivity contribution is 0.0767. The zero-order valence-electron chi connectivity index (χ0n) is 19.3. The SMILES string of the molecule is COc1ccccc1NS(=O)(=O)c1ccc(C(=O)N2CCCN(c3ccc(C#N)cc3)CC2)cc1. The Morgan fingerprint density at radius 2 is 1.66 bits per heavy atom. The molecule has 0 atom stereocenters. The Kier molecular flexibility index (Phi) is 7.22. The maximum atomic E-state index is 13.1. The van der Waals surface area contributed by atoms with Crippen LogP contribution in [0, 0.1) is 11.3 Å². The molecule has 3 aromatic rings. The topological polar surface area (TPSA) is 103 Å². The first kappa shape index (κ1) is 24.1. The standard InChI is InChI=1S/C26H26N4O4S/c1-34-25-6-3-2-5-24(25)28-35(32,33)23-13-9-21(10-14-23)26(31)30-16-4-15-29(17-18-30)22-11-7-20(19-27)8-12-22/h2-3,5-14,28H,4,15-18H2,1H3. The Morgan fingerprint density at radius 1 is 0.943 bits per heavy atom. The van der Waals surface area contributed by atoms with E-state index in [1.54, 1.807) is 53.4 Å². The summed E-state index contributed by atoms with van der Waals surface area (Å²) in [6.45, 7) is 2.64. The fourth-order valence-corrected chi connectivity index (χ4v) is 5.09. The van der Waals surface area contributed by atoms with Gasteiger partial charge in [-0.2, -0.15) is 5.26 Å². The van der Waals surface area contributed by atoms with Crippen molar-refractivity contribution in [1.29, 1.82) is 5.26 Å². The molecule has 35 heavy (non-hydrogen) atoms. The van der Waals surface area contributed by atoms with Crippen LogP contribution in [-0.2, 0) is 10.0 Å². The summed E-state index contributed by atoms with van der Waals surface area (Å²) in [6.07, 6.45) is 0.807. The quantitative estimate of drug-likeness (QED) is 0.565. The van der Waals surface area contributed by atoms with Gasteiger partial charge in [0, 0.05) is 37.4 Å². The predicted octanol–water partition coefficient (Wildman–Crippen LogP) is 3.72. The highest BCUT2D eigenvalue weighted by Gasteiger charge is 2.22. The molecule has 0 spiro atoms. The second-order valence-corrected chi connectivity index (χ2v) is 9.80. The van der Waals surface area contributed by atoms with Crippen LogP contribution in [0.5, 0.6) is 5.75 Å². The number of nitrogens with one attached hydrogen (secondary N) is 1. The first-order valence-electron chi connectivity index (χ1n) is 11.2. The molecule has 0 bridgehead atoms. The Bertz CT molecular complexity index is 1330. The Labute approximate surface area is 205 Å². The summed E-state index contributed by atoms with van der Waals surface area (Å²) in [5.74, 6) is 0.285. The van der Waals surface area contributed by atoms with Gasteiger partial charge in [0.1, 0.15) is 5.75 Å². The summed E-state index contributed by atoms with van der Waals surface area (Å²) in [7, 11) is -2.37. The van der Waals surface area contributed by atoms with Gasteiger partial charge in [0.15, 0.2) is 0 Å². The molecule has 0 radical (unpaired) electrons. The average molecular weight is 491 g/mol. The molecule has 1 N–H and O–H groups in total. The Morgan fingerprint density at radius 3 is 2.34 bits per heavy atom. The molecule has 3 aromatic carbocycles. The number of nitrogens with zero attached hydrogens (tertiary/aromatic N) is 3. The number of amides is 1. The highest BCUT2D eigenvalue weighted by Crippen LogP contribution is 2.26. The number of ether oxygens (including phenoxy) is 1. The van der Waals surface area contributed by atoms with Crippen molar-refractivity contribution in [3.63, 3.8) is 0 Å². The van der Waals surface area contributed by atoms with Crippen LogP contribution in [0.15, 0.2) is 77.7 Å². The van der Waals surface area contributed by atoms with E-state index in [1.807, 2.05) is 12.1 Å². The van der Waals surface area contributed by atoms with Crippen molar-refractivity contribution >= 4 is 27.3 Å². The van der Waals surface area contributed by atoms with Gasteiger partial charge in [-0.1, -0.05) is 12.1 Å². The minimum Gasteiger partial charge on any atom is -0.495 e. The molecule has 1 saturated heterocycles. The van der Waals surface area contributed by atoms with Crippen LogP contribution >= 0.6 is 0 Å². The van der Waals surface area contributed by atoms with Gasteiger partial charge in [-0.05, 0) is 67.1 Å². The van der Waals surface area contributed by atoms with Gasteiger partial charge in [-0.3, -0.25) is 9.52 Å². The smallest absolute Gasteiger partial charge is 0.262 e. The molecule has 0 aromatic heterocycles. The summed E-state index contributed by atoms with van der Waals surface area (Å²) in [6, 6.07) is 22.3. The second kappa shape index (κ2) is 10.5. The molecular formula is C26H26N4O4S.